The van der Waals surface area contributed by atoms with Crippen LogP contribution in [0.3, 0.4) is 0 Å². The number of pyridine rings is 1. The molecule has 0 saturated heterocycles. The number of ether oxygens (including phenoxy) is 4. The van der Waals surface area contributed by atoms with E-state index in [1.807, 2.05) is 6.92 Å². The number of fused-ring (bicyclic) bond motifs is 1. The Hall–Kier alpha value is -2.39. The number of nitrogens with zero attached hydrogens (tertiary/aromatic N) is 2. The van der Waals surface area contributed by atoms with Crippen molar-refractivity contribution in [2.24, 2.45) is 0 Å². The third-order valence-electron chi connectivity index (χ3n) is 3.12. The zero-order valence-corrected chi connectivity index (χ0v) is 13.5. The Morgan fingerprint density at radius 3 is 2.83 bits per heavy atom. The van der Waals surface area contributed by atoms with Crippen molar-refractivity contribution in [1.82, 2.24) is 4.98 Å². The van der Waals surface area contributed by atoms with Crippen LogP contribution in [0.15, 0.2) is 12.1 Å². The Morgan fingerprint density at radius 2 is 2.04 bits per heavy atom. The number of hydrogen-bond acceptors (Lipinski definition) is 8. The fraction of sp³-hybridized carbons (Fsp3) is 0.533. The summed E-state index contributed by atoms with van der Waals surface area (Å²) in [4.78, 5) is 29.1. The molecule has 2 heterocycles. The molecule has 0 spiro atoms. The van der Waals surface area contributed by atoms with E-state index >= 15 is 0 Å². The minimum atomic E-state index is -0.561. The van der Waals surface area contributed by atoms with E-state index in [2.05, 4.69) is 4.98 Å². The molecule has 0 aromatic carbocycles. The van der Waals surface area contributed by atoms with Crippen LogP contribution in [0, 0.1) is 0 Å². The number of nitrogens with two attached hydrogens (primary N) is 1. The number of carbonyl (C=O) groups is 2. The van der Waals surface area contributed by atoms with E-state index in [4.69, 9.17) is 24.7 Å². The monoisotopic (exact) mass is 339 g/mol. The molecule has 132 valence electrons. The summed E-state index contributed by atoms with van der Waals surface area (Å²) in [6.07, 6.45) is 0. The second-order valence-corrected chi connectivity index (χ2v) is 4.86. The summed E-state index contributed by atoms with van der Waals surface area (Å²) in [5, 5.41) is 0. The molecule has 0 radical (unpaired) electrons. The quantitative estimate of drug-likeness (QED) is 0.493. The minimum absolute atomic E-state index is 0.0979. The molecular weight excluding hydrogens is 318 g/mol. The molecule has 2 rings (SSSR count). The predicted molar refractivity (Wildman–Crippen MR) is 84.8 cm³/mol. The maximum Gasteiger partial charge on any atom is 0.326 e. The molecule has 1 aromatic rings. The molecule has 1 amide bonds. The van der Waals surface area contributed by atoms with Gasteiger partial charge in [0.2, 0.25) is 0 Å². The van der Waals surface area contributed by atoms with Crippen LogP contribution in [-0.4, -0.2) is 63.0 Å². The third kappa shape index (κ3) is 5.07. The molecular formula is C15H21N3O6. The van der Waals surface area contributed by atoms with Gasteiger partial charge in [0.25, 0.3) is 5.91 Å². The molecule has 1 aliphatic rings. The lowest BCUT2D eigenvalue weighted by Gasteiger charge is -2.27. The van der Waals surface area contributed by atoms with E-state index in [1.165, 1.54) is 4.90 Å². The minimum Gasteiger partial charge on any atom is -0.480 e. The molecule has 2 N–H and O–H groups in total. The summed E-state index contributed by atoms with van der Waals surface area (Å²) in [5.74, 6) is -0.0977. The molecule has 0 unspecified atom stereocenters. The first-order chi connectivity index (χ1) is 11.6. The van der Waals surface area contributed by atoms with Crippen LogP contribution in [0.5, 0.6) is 5.75 Å². The Bertz CT molecular complexity index is 580. The normalized spacial score (nSPS) is 13.4. The van der Waals surface area contributed by atoms with E-state index in [9.17, 15) is 9.59 Å². The average molecular weight is 339 g/mol. The van der Waals surface area contributed by atoms with Crippen LogP contribution in [-0.2, 0) is 23.8 Å². The summed E-state index contributed by atoms with van der Waals surface area (Å²) in [5.41, 5.74) is 5.62. The second-order valence-electron chi connectivity index (χ2n) is 4.86. The number of esters is 1. The van der Waals surface area contributed by atoms with Crippen molar-refractivity contribution in [1.29, 1.82) is 0 Å². The molecule has 0 bridgehead atoms. The van der Waals surface area contributed by atoms with E-state index in [0.29, 0.717) is 25.6 Å². The van der Waals surface area contributed by atoms with E-state index in [0.717, 1.165) is 0 Å². The standard InChI is InChI=1S/C15H21N3O6/c1-2-21-5-6-22-7-8-23-14(20)9-18-13(19)10-24-11-3-4-12(16)17-15(11)18/h3-4H,2,5-10H2,1H3,(H2,16,17). The van der Waals surface area contributed by atoms with Gasteiger partial charge < -0.3 is 24.7 Å². The lowest BCUT2D eigenvalue weighted by molar-refractivity contribution is -0.144. The molecule has 0 atom stereocenters. The van der Waals surface area contributed by atoms with Gasteiger partial charge in [0.05, 0.1) is 19.8 Å². The molecule has 1 aliphatic heterocycles. The maximum absolute atomic E-state index is 12.0. The number of amides is 1. The number of rotatable bonds is 9. The number of nitrogen functional groups attached to an aromatic ring is 1. The van der Waals surface area contributed by atoms with Gasteiger partial charge in [-0.15, -0.1) is 0 Å². The van der Waals surface area contributed by atoms with Gasteiger partial charge in [-0.3, -0.25) is 14.5 Å². The molecule has 9 heteroatoms. The maximum atomic E-state index is 12.0. The Labute approximate surface area is 139 Å². The van der Waals surface area contributed by atoms with Crippen LogP contribution < -0.4 is 15.4 Å². The van der Waals surface area contributed by atoms with Crippen molar-refractivity contribution >= 4 is 23.5 Å². The molecule has 0 fully saturated rings. The first kappa shape index (κ1) is 18.0. The van der Waals surface area contributed by atoms with Crippen LogP contribution in [0.1, 0.15) is 6.92 Å². The Morgan fingerprint density at radius 1 is 1.29 bits per heavy atom. The topological polar surface area (TPSA) is 113 Å². The van der Waals surface area contributed by atoms with Gasteiger partial charge >= 0.3 is 5.97 Å². The molecule has 0 aliphatic carbocycles. The van der Waals surface area contributed by atoms with Crippen molar-refractivity contribution in [2.45, 2.75) is 6.92 Å². The number of anilines is 2. The predicted octanol–water partition coefficient (Wildman–Crippen LogP) is -0.0145. The van der Waals surface area contributed by atoms with E-state index in [-0.39, 0.29) is 43.9 Å². The lowest BCUT2D eigenvalue weighted by Crippen LogP contribution is -2.43. The van der Waals surface area contributed by atoms with Gasteiger partial charge in [0.15, 0.2) is 18.2 Å². The SMILES string of the molecule is CCOCCOCCOC(=O)CN1C(=O)COc2ccc(N)nc21. The molecule has 1 aromatic heterocycles. The summed E-state index contributed by atoms with van der Waals surface area (Å²) in [7, 11) is 0. The number of hydrogen-bond donors (Lipinski definition) is 1. The summed E-state index contributed by atoms with van der Waals surface area (Å²) in [6, 6.07) is 3.17. The lowest BCUT2D eigenvalue weighted by atomic mass is 10.3. The zero-order chi connectivity index (χ0) is 17.4. The number of aromatic nitrogens is 1. The third-order valence-corrected chi connectivity index (χ3v) is 3.12. The van der Waals surface area contributed by atoms with Gasteiger partial charge in [0, 0.05) is 6.61 Å². The largest absolute Gasteiger partial charge is 0.480 e. The highest BCUT2D eigenvalue weighted by Gasteiger charge is 2.29. The van der Waals surface area contributed by atoms with Crippen molar-refractivity contribution in [2.75, 3.05) is 56.8 Å². The molecule has 24 heavy (non-hydrogen) atoms. The van der Waals surface area contributed by atoms with Crippen LogP contribution in [0.25, 0.3) is 0 Å². The zero-order valence-electron chi connectivity index (χ0n) is 13.5. The highest BCUT2D eigenvalue weighted by Crippen LogP contribution is 2.30. The Kier molecular flexibility index (Phi) is 6.76. The summed E-state index contributed by atoms with van der Waals surface area (Å²) >= 11 is 0. The van der Waals surface area contributed by atoms with E-state index < -0.39 is 5.97 Å². The Balaban J connectivity index is 1.79. The van der Waals surface area contributed by atoms with Crippen molar-refractivity contribution < 1.29 is 28.5 Å². The van der Waals surface area contributed by atoms with Gasteiger partial charge in [0.1, 0.15) is 19.0 Å². The molecule has 0 saturated carbocycles. The van der Waals surface area contributed by atoms with Crippen LogP contribution in [0.4, 0.5) is 11.6 Å². The summed E-state index contributed by atoms with van der Waals surface area (Å²) < 4.78 is 20.6. The second kappa shape index (κ2) is 9.04. The highest BCUT2D eigenvalue weighted by molar-refractivity contribution is 6.00. The van der Waals surface area contributed by atoms with Crippen LogP contribution >= 0.6 is 0 Å². The van der Waals surface area contributed by atoms with Gasteiger partial charge in [-0.05, 0) is 19.1 Å². The first-order valence-electron chi connectivity index (χ1n) is 7.62. The fourth-order valence-electron chi connectivity index (χ4n) is 2.01. The van der Waals surface area contributed by atoms with Gasteiger partial charge in [-0.1, -0.05) is 0 Å². The van der Waals surface area contributed by atoms with Crippen molar-refractivity contribution in [3.05, 3.63) is 12.1 Å². The first-order valence-corrected chi connectivity index (χ1v) is 7.62. The van der Waals surface area contributed by atoms with Crippen molar-refractivity contribution in [3.8, 4) is 5.75 Å². The van der Waals surface area contributed by atoms with Gasteiger partial charge in [-0.25, -0.2) is 4.98 Å². The van der Waals surface area contributed by atoms with Crippen LogP contribution in [0.2, 0.25) is 0 Å². The fourth-order valence-corrected chi connectivity index (χ4v) is 2.01. The summed E-state index contributed by atoms with van der Waals surface area (Å²) in [6.45, 7) is 3.40. The van der Waals surface area contributed by atoms with Crippen molar-refractivity contribution in [3.63, 3.8) is 0 Å². The van der Waals surface area contributed by atoms with Gasteiger partial charge in [-0.2, -0.15) is 0 Å². The van der Waals surface area contributed by atoms with E-state index in [1.54, 1.807) is 12.1 Å². The molecule has 9 nitrogen and oxygen atoms in total. The number of carbonyl (C=O) groups excluding carboxylic acids is 2. The highest BCUT2D eigenvalue weighted by atomic mass is 16.6. The smallest absolute Gasteiger partial charge is 0.326 e. The average Bonchev–Trinajstić information content (AvgIpc) is 2.57.